The van der Waals surface area contributed by atoms with Gasteiger partial charge in [0.2, 0.25) is 0 Å². The highest BCUT2D eigenvalue weighted by Gasteiger charge is 2.20. The molecular weight excluding hydrogens is 186 g/mol. The van der Waals surface area contributed by atoms with Gasteiger partial charge in [-0.25, -0.2) is 4.79 Å². The first-order valence-corrected chi connectivity index (χ1v) is 4.27. The lowest BCUT2D eigenvalue weighted by Gasteiger charge is -2.23. The molecule has 0 bridgehead atoms. The number of rotatable bonds is 2. The standard InChI is InChI=1S/C9H17NO4/c1-9(2,3)14-8(12)10(4)6-7(11)13-5/h6H2,1-5H3. The van der Waals surface area contributed by atoms with Gasteiger partial charge in [0.15, 0.2) is 0 Å². The van der Waals surface area contributed by atoms with Crippen molar-refractivity contribution in [1.82, 2.24) is 4.90 Å². The molecular formula is C9H17NO4. The average Bonchev–Trinajstić information content (AvgIpc) is 2.00. The summed E-state index contributed by atoms with van der Waals surface area (Å²) in [5.41, 5.74) is -0.554. The molecule has 0 unspecified atom stereocenters. The molecule has 82 valence electrons. The smallest absolute Gasteiger partial charge is 0.410 e. The van der Waals surface area contributed by atoms with Crippen molar-refractivity contribution in [1.29, 1.82) is 0 Å². The van der Waals surface area contributed by atoms with Crippen molar-refractivity contribution in [3.8, 4) is 0 Å². The Kier molecular flexibility index (Phi) is 4.40. The van der Waals surface area contributed by atoms with Gasteiger partial charge in [-0.3, -0.25) is 4.79 Å². The Bertz CT molecular complexity index is 219. The summed E-state index contributed by atoms with van der Waals surface area (Å²) in [6.07, 6.45) is -0.539. The molecule has 0 spiro atoms. The van der Waals surface area contributed by atoms with Crippen LogP contribution in [0.3, 0.4) is 0 Å². The van der Waals surface area contributed by atoms with Gasteiger partial charge in [-0.15, -0.1) is 0 Å². The number of nitrogens with zero attached hydrogens (tertiary/aromatic N) is 1. The van der Waals surface area contributed by atoms with Gasteiger partial charge in [0.1, 0.15) is 12.1 Å². The Morgan fingerprint density at radius 3 is 2.14 bits per heavy atom. The lowest BCUT2D eigenvalue weighted by Crippen LogP contribution is -2.37. The van der Waals surface area contributed by atoms with Gasteiger partial charge < -0.3 is 14.4 Å². The molecule has 0 aliphatic rings. The van der Waals surface area contributed by atoms with Gasteiger partial charge in [-0.05, 0) is 20.8 Å². The molecule has 0 aromatic rings. The van der Waals surface area contributed by atoms with E-state index in [1.807, 2.05) is 0 Å². The third kappa shape index (κ3) is 5.40. The number of methoxy groups -OCH3 is 1. The van der Waals surface area contributed by atoms with E-state index in [-0.39, 0.29) is 6.54 Å². The van der Waals surface area contributed by atoms with Gasteiger partial charge in [0.25, 0.3) is 0 Å². The van der Waals surface area contributed by atoms with Crippen LogP contribution < -0.4 is 0 Å². The first kappa shape index (κ1) is 12.7. The topological polar surface area (TPSA) is 55.8 Å². The molecule has 5 nitrogen and oxygen atoms in total. The molecule has 0 aliphatic carbocycles. The van der Waals surface area contributed by atoms with Crippen LogP contribution >= 0.6 is 0 Å². The molecule has 0 saturated heterocycles. The van der Waals surface area contributed by atoms with Crippen molar-refractivity contribution < 1.29 is 19.1 Å². The maximum absolute atomic E-state index is 11.3. The molecule has 1 amide bonds. The second kappa shape index (κ2) is 4.83. The highest BCUT2D eigenvalue weighted by Crippen LogP contribution is 2.08. The highest BCUT2D eigenvalue weighted by atomic mass is 16.6. The van der Waals surface area contributed by atoms with Crippen molar-refractivity contribution in [3.63, 3.8) is 0 Å². The van der Waals surface area contributed by atoms with E-state index in [9.17, 15) is 9.59 Å². The quantitative estimate of drug-likeness (QED) is 0.629. The maximum atomic E-state index is 11.3. The summed E-state index contributed by atoms with van der Waals surface area (Å²) in [5.74, 6) is -0.474. The molecule has 0 radical (unpaired) electrons. The third-order valence-electron chi connectivity index (χ3n) is 1.30. The fourth-order valence-electron chi connectivity index (χ4n) is 0.663. The van der Waals surface area contributed by atoms with E-state index in [4.69, 9.17) is 4.74 Å². The van der Waals surface area contributed by atoms with E-state index in [0.29, 0.717) is 0 Å². The van der Waals surface area contributed by atoms with Crippen LogP contribution in [0.4, 0.5) is 4.79 Å². The Balaban J connectivity index is 4.07. The summed E-state index contributed by atoms with van der Waals surface area (Å²) in [6, 6.07) is 0. The van der Waals surface area contributed by atoms with Crippen LogP contribution in [0.2, 0.25) is 0 Å². The largest absolute Gasteiger partial charge is 0.468 e. The van der Waals surface area contributed by atoms with E-state index in [0.717, 1.165) is 4.90 Å². The number of esters is 1. The van der Waals surface area contributed by atoms with E-state index in [1.165, 1.54) is 14.2 Å². The second-order valence-corrected chi connectivity index (χ2v) is 3.91. The Labute approximate surface area is 84.0 Å². The van der Waals surface area contributed by atoms with Crippen LogP contribution in [-0.4, -0.2) is 43.3 Å². The van der Waals surface area contributed by atoms with E-state index in [1.54, 1.807) is 20.8 Å². The van der Waals surface area contributed by atoms with Crippen molar-refractivity contribution in [3.05, 3.63) is 0 Å². The predicted molar refractivity (Wildman–Crippen MR) is 50.9 cm³/mol. The molecule has 0 N–H and O–H groups in total. The van der Waals surface area contributed by atoms with Crippen LogP contribution in [-0.2, 0) is 14.3 Å². The third-order valence-corrected chi connectivity index (χ3v) is 1.30. The fraction of sp³-hybridized carbons (Fsp3) is 0.778. The summed E-state index contributed by atoms with van der Waals surface area (Å²) in [7, 11) is 2.75. The zero-order valence-electron chi connectivity index (χ0n) is 9.29. The monoisotopic (exact) mass is 203 g/mol. The van der Waals surface area contributed by atoms with Crippen molar-refractivity contribution in [2.24, 2.45) is 0 Å². The van der Waals surface area contributed by atoms with Gasteiger partial charge >= 0.3 is 12.1 Å². The number of amides is 1. The fourth-order valence-corrected chi connectivity index (χ4v) is 0.663. The van der Waals surface area contributed by atoms with Crippen LogP contribution in [0.1, 0.15) is 20.8 Å². The zero-order valence-corrected chi connectivity index (χ0v) is 9.29. The van der Waals surface area contributed by atoms with Crippen molar-refractivity contribution in [2.45, 2.75) is 26.4 Å². The highest BCUT2D eigenvalue weighted by molar-refractivity contribution is 5.77. The summed E-state index contributed by atoms with van der Waals surface area (Å²) < 4.78 is 9.44. The molecule has 0 atom stereocenters. The Morgan fingerprint density at radius 1 is 1.29 bits per heavy atom. The lowest BCUT2D eigenvalue weighted by molar-refractivity contribution is -0.141. The number of ether oxygens (including phenoxy) is 2. The first-order valence-electron chi connectivity index (χ1n) is 4.27. The van der Waals surface area contributed by atoms with Gasteiger partial charge in [-0.2, -0.15) is 0 Å². The number of hydrogen-bond donors (Lipinski definition) is 0. The minimum atomic E-state index is -0.554. The van der Waals surface area contributed by atoms with Gasteiger partial charge in [0, 0.05) is 7.05 Å². The molecule has 0 aromatic heterocycles. The number of carbonyl (C=O) groups is 2. The second-order valence-electron chi connectivity index (χ2n) is 3.91. The van der Waals surface area contributed by atoms with Gasteiger partial charge in [0.05, 0.1) is 7.11 Å². The Morgan fingerprint density at radius 2 is 1.79 bits per heavy atom. The molecule has 0 rings (SSSR count). The molecule has 5 heteroatoms. The SMILES string of the molecule is COC(=O)CN(C)C(=O)OC(C)(C)C. The van der Waals surface area contributed by atoms with Crippen LogP contribution in [0, 0.1) is 0 Å². The molecule has 0 fully saturated rings. The van der Waals surface area contributed by atoms with E-state index >= 15 is 0 Å². The molecule has 0 aromatic carbocycles. The molecule has 14 heavy (non-hydrogen) atoms. The number of carbonyl (C=O) groups excluding carboxylic acids is 2. The van der Waals surface area contributed by atoms with Crippen molar-refractivity contribution >= 4 is 12.1 Å². The van der Waals surface area contributed by atoms with Crippen molar-refractivity contribution in [2.75, 3.05) is 20.7 Å². The summed E-state index contributed by atoms with van der Waals surface area (Å²) in [5, 5.41) is 0. The summed E-state index contributed by atoms with van der Waals surface area (Å²) >= 11 is 0. The molecule has 0 saturated carbocycles. The van der Waals surface area contributed by atoms with E-state index < -0.39 is 17.7 Å². The first-order chi connectivity index (χ1) is 6.26. The van der Waals surface area contributed by atoms with Crippen LogP contribution in [0.5, 0.6) is 0 Å². The normalized spacial score (nSPS) is 10.6. The van der Waals surface area contributed by atoms with Crippen LogP contribution in [0.25, 0.3) is 0 Å². The van der Waals surface area contributed by atoms with E-state index in [2.05, 4.69) is 4.74 Å². The minimum absolute atomic E-state index is 0.106. The molecule has 0 aliphatic heterocycles. The zero-order chi connectivity index (χ0) is 11.4. The lowest BCUT2D eigenvalue weighted by atomic mass is 10.2. The average molecular weight is 203 g/mol. The van der Waals surface area contributed by atoms with Gasteiger partial charge in [-0.1, -0.05) is 0 Å². The number of likely N-dealkylation sites (N-methyl/N-ethyl adjacent to an activating group) is 1. The molecule has 0 heterocycles. The minimum Gasteiger partial charge on any atom is -0.468 e. The summed E-state index contributed by atoms with van der Waals surface area (Å²) in [6.45, 7) is 5.18. The maximum Gasteiger partial charge on any atom is 0.410 e. The summed E-state index contributed by atoms with van der Waals surface area (Å²) in [4.78, 5) is 23.3. The Hall–Kier alpha value is -1.26. The predicted octanol–water partition coefficient (Wildman–Crippen LogP) is 1.03. The number of hydrogen-bond acceptors (Lipinski definition) is 4. The van der Waals surface area contributed by atoms with Crippen LogP contribution in [0.15, 0.2) is 0 Å².